The Bertz CT molecular complexity index is 1570. The highest BCUT2D eigenvalue weighted by Crippen LogP contribution is 2.28. The molecule has 0 saturated carbocycles. The summed E-state index contributed by atoms with van der Waals surface area (Å²) in [5.41, 5.74) is 4.34. The lowest BCUT2D eigenvalue weighted by Gasteiger charge is -2.09. The molecule has 0 bridgehead atoms. The number of nitro benzene ring substituents is 1. The molecule has 5 heteroatoms. The molecule has 1 heterocycles. The van der Waals surface area contributed by atoms with Crippen molar-refractivity contribution >= 4 is 39.0 Å². The van der Waals surface area contributed by atoms with E-state index in [1.807, 2.05) is 30.3 Å². The Kier molecular flexibility index (Phi) is 5.18. The smallest absolute Gasteiger partial charge is 0.269 e. The third-order valence-electron chi connectivity index (χ3n) is 5.85. The molecule has 33 heavy (non-hydrogen) atoms. The number of aromatic nitrogens is 1. The van der Waals surface area contributed by atoms with Gasteiger partial charge >= 0.3 is 0 Å². The number of rotatable bonds is 5. The van der Waals surface area contributed by atoms with E-state index in [0.717, 1.165) is 16.5 Å². The fraction of sp³-hybridized carbons (Fsp3) is 0.0357. The first-order valence-corrected chi connectivity index (χ1v) is 10.6. The standard InChI is InChI=1S/C28H19N3O2/c29-17-23(20-12-14-25(15-13-20)31(32)33)16-24-19-30(28-11-4-3-10-27(24)28)18-22-8-5-7-21-6-1-2-9-26(21)22/h1-16,19H,18H2/b23-16-. The zero-order valence-electron chi connectivity index (χ0n) is 17.7. The van der Waals surface area contributed by atoms with Crippen LogP contribution in [-0.2, 0) is 6.54 Å². The van der Waals surface area contributed by atoms with E-state index in [2.05, 4.69) is 59.3 Å². The lowest BCUT2D eigenvalue weighted by atomic mass is 10.0. The first-order chi connectivity index (χ1) is 16.1. The fourth-order valence-corrected chi connectivity index (χ4v) is 4.23. The number of non-ortho nitro benzene ring substituents is 1. The Hall–Kier alpha value is -4.69. The van der Waals surface area contributed by atoms with Gasteiger partial charge in [0.25, 0.3) is 5.69 Å². The number of hydrogen-bond acceptors (Lipinski definition) is 3. The second kappa shape index (κ2) is 8.45. The second-order valence-electron chi connectivity index (χ2n) is 7.84. The molecule has 0 saturated heterocycles. The highest BCUT2D eigenvalue weighted by molar-refractivity contribution is 5.98. The third-order valence-corrected chi connectivity index (χ3v) is 5.85. The highest BCUT2D eigenvalue weighted by Gasteiger charge is 2.11. The minimum Gasteiger partial charge on any atom is -0.342 e. The zero-order chi connectivity index (χ0) is 22.8. The van der Waals surface area contributed by atoms with Crippen molar-refractivity contribution in [1.29, 1.82) is 5.26 Å². The van der Waals surface area contributed by atoms with Crippen LogP contribution in [0.5, 0.6) is 0 Å². The molecular formula is C28H19N3O2. The van der Waals surface area contributed by atoms with Crippen LogP contribution >= 0.6 is 0 Å². The largest absolute Gasteiger partial charge is 0.342 e. The van der Waals surface area contributed by atoms with E-state index in [0.29, 0.717) is 17.7 Å². The van der Waals surface area contributed by atoms with Crippen LogP contribution in [-0.4, -0.2) is 9.49 Å². The lowest BCUT2D eigenvalue weighted by Crippen LogP contribution is -1.98. The number of hydrogen-bond donors (Lipinski definition) is 0. The summed E-state index contributed by atoms with van der Waals surface area (Å²) in [7, 11) is 0. The van der Waals surface area contributed by atoms with Crippen LogP contribution in [0.4, 0.5) is 5.69 Å². The average molecular weight is 429 g/mol. The normalized spacial score (nSPS) is 11.5. The summed E-state index contributed by atoms with van der Waals surface area (Å²) in [6.45, 7) is 0.703. The third kappa shape index (κ3) is 3.86. The molecule has 5 nitrogen and oxygen atoms in total. The molecule has 0 amide bonds. The fourth-order valence-electron chi connectivity index (χ4n) is 4.23. The van der Waals surface area contributed by atoms with Crippen molar-refractivity contribution in [3.05, 3.63) is 124 Å². The number of nitrogens with zero attached hydrogens (tertiary/aromatic N) is 3. The minimum atomic E-state index is -0.444. The summed E-state index contributed by atoms with van der Waals surface area (Å²) >= 11 is 0. The van der Waals surface area contributed by atoms with Crippen LogP contribution < -0.4 is 0 Å². The Morgan fingerprint density at radius 2 is 1.61 bits per heavy atom. The van der Waals surface area contributed by atoms with Crippen molar-refractivity contribution in [2.75, 3.05) is 0 Å². The van der Waals surface area contributed by atoms with Gasteiger partial charge in [0.1, 0.15) is 0 Å². The van der Waals surface area contributed by atoms with Gasteiger partial charge in [-0.2, -0.15) is 5.26 Å². The van der Waals surface area contributed by atoms with Gasteiger partial charge in [-0.05, 0) is 46.2 Å². The van der Waals surface area contributed by atoms with Crippen molar-refractivity contribution in [2.45, 2.75) is 6.54 Å². The summed E-state index contributed by atoms with van der Waals surface area (Å²) in [5.74, 6) is 0. The average Bonchev–Trinajstić information content (AvgIpc) is 3.20. The van der Waals surface area contributed by atoms with Gasteiger partial charge in [-0.25, -0.2) is 0 Å². The number of nitriles is 1. The quantitative estimate of drug-likeness (QED) is 0.175. The summed E-state index contributed by atoms with van der Waals surface area (Å²) in [6, 6.07) is 31.1. The van der Waals surface area contributed by atoms with Gasteiger partial charge in [-0.15, -0.1) is 0 Å². The summed E-state index contributed by atoms with van der Waals surface area (Å²) < 4.78 is 2.20. The molecule has 0 aliphatic heterocycles. The predicted octanol–water partition coefficient (Wildman–Crippen LogP) is 6.82. The Balaban J connectivity index is 1.58. The molecule has 0 fully saturated rings. The van der Waals surface area contributed by atoms with E-state index in [-0.39, 0.29) is 5.69 Å². The molecule has 5 rings (SSSR count). The summed E-state index contributed by atoms with van der Waals surface area (Å²) in [6.07, 6.45) is 3.91. The van der Waals surface area contributed by atoms with Crippen LogP contribution in [0.25, 0.3) is 33.3 Å². The Morgan fingerprint density at radius 3 is 2.36 bits per heavy atom. The van der Waals surface area contributed by atoms with Gasteiger partial charge in [0.2, 0.25) is 0 Å². The molecule has 1 aromatic heterocycles. The number of benzene rings is 4. The molecular weight excluding hydrogens is 410 g/mol. The first-order valence-electron chi connectivity index (χ1n) is 10.6. The van der Waals surface area contributed by atoms with E-state index < -0.39 is 4.92 Å². The molecule has 0 atom stereocenters. The van der Waals surface area contributed by atoms with Crippen LogP contribution in [0, 0.1) is 21.4 Å². The van der Waals surface area contributed by atoms with E-state index >= 15 is 0 Å². The second-order valence-corrected chi connectivity index (χ2v) is 7.84. The number of para-hydroxylation sites is 1. The van der Waals surface area contributed by atoms with E-state index in [1.54, 1.807) is 12.1 Å². The van der Waals surface area contributed by atoms with Gasteiger partial charge in [0, 0.05) is 41.3 Å². The maximum Gasteiger partial charge on any atom is 0.269 e. The molecule has 0 N–H and O–H groups in total. The minimum absolute atomic E-state index is 0.00253. The highest BCUT2D eigenvalue weighted by atomic mass is 16.6. The molecule has 0 radical (unpaired) electrons. The predicted molar refractivity (Wildman–Crippen MR) is 132 cm³/mol. The monoisotopic (exact) mass is 429 g/mol. The summed E-state index contributed by atoms with van der Waals surface area (Å²) in [4.78, 5) is 10.5. The van der Waals surface area contributed by atoms with Gasteiger partial charge in [0.05, 0.1) is 16.6 Å². The van der Waals surface area contributed by atoms with Gasteiger partial charge in [-0.1, -0.05) is 60.7 Å². The van der Waals surface area contributed by atoms with Crippen molar-refractivity contribution < 1.29 is 4.92 Å². The summed E-state index contributed by atoms with van der Waals surface area (Å²) in [5, 5.41) is 24.2. The molecule has 5 aromatic rings. The molecule has 0 unspecified atom stereocenters. The topological polar surface area (TPSA) is 71.9 Å². The SMILES string of the molecule is N#C/C(=C/c1cn(Cc2cccc3ccccc23)c2ccccc12)c1ccc([N+](=O)[O-])cc1. The Morgan fingerprint density at radius 1 is 0.909 bits per heavy atom. The van der Waals surface area contributed by atoms with Gasteiger partial charge < -0.3 is 4.57 Å². The van der Waals surface area contributed by atoms with E-state index in [4.69, 9.17) is 0 Å². The maximum absolute atomic E-state index is 10.9. The Labute approximate surface area is 190 Å². The van der Waals surface area contributed by atoms with Gasteiger partial charge in [0.15, 0.2) is 0 Å². The lowest BCUT2D eigenvalue weighted by molar-refractivity contribution is -0.384. The van der Waals surface area contributed by atoms with Crippen LogP contribution in [0.1, 0.15) is 16.7 Å². The molecule has 0 aliphatic carbocycles. The van der Waals surface area contributed by atoms with Crippen LogP contribution in [0.15, 0.2) is 97.2 Å². The number of allylic oxidation sites excluding steroid dienone is 1. The molecule has 4 aromatic carbocycles. The first kappa shape index (κ1) is 20.2. The number of nitro groups is 1. The van der Waals surface area contributed by atoms with Crippen molar-refractivity contribution in [2.24, 2.45) is 0 Å². The molecule has 0 aliphatic rings. The van der Waals surface area contributed by atoms with Gasteiger partial charge in [-0.3, -0.25) is 10.1 Å². The van der Waals surface area contributed by atoms with Crippen molar-refractivity contribution in [3.8, 4) is 6.07 Å². The molecule has 0 spiro atoms. The van der Waals surface area contributed by atoms with E-state index in [1.165, 1.54) is 28.5 Å². The van der Waals surface area contributed by atoms with Crippen molar-refractivity contribution in [1.82, 2.24) is 4.57 Å². The van der Waals surface area contributed by atoms with Crippen LogP contribution in [0.3, 0.4) is 0 Å². The van der Waals surface area contributed by atoms with Crippen LogP contribution in [0.2, 0.25) is 0 Å². The number of fused-ring (bicyclic) bond motifs is 2. The van der Waals surface area contributed by atoms with Crippen molar-refractivity contribution in [3.63, 3.8) is 0 Å². The van der Waals surface area contributed by atoms with E-state index in [9.17, 15) is 15.4 Å². The molecule has 158 valence electrons. The maximum atomic E-state index is 10.9. The zero-order valence-corrected chi connectivity index (χ0v) is 17.7.